The third-order valence-electron chi connectivity index (χ3n) is 4.35. The van der Waals surface area contributed by atoms with Crippen molar-refractivity contribution in [3.63, 3.8) is 0 Å². The molecule has 0 fully saturated rings. The molecule has 9 heteroatoms. The van der Waals surface area contributed by atoms with Crippen LogP contribution in [0.1, 0.15) is 36.1 Å². The minimum Gasteiger partial charge on any atom is -0.251 e. The summed E-state index contributed by atoms with van der Waals surface area (Å²) in [6.07, 6.45) is 0.0196. The van der Waals surface area contributed by atoms with Crippen LogP contribution in [0.4, 0.5) is 13.2 Å². The van der Waals surface area contributed by atoms with Crippen molar-refractivity contribution in [1.82, 2.24) is 9.82 Å². The summed E-state index contributed by atoms with van der Waals surface area (Å²) < 4.78 is 62.3. The van der Waals surface area contributed by atoms with Crippen LogP contribution in [0.5, 0.6) is 0 Å². The molecule has 0 bridgehead atoms. The molecule has 1 heterocycles. The average Bonchev–Trinajstić information content (AvgIpc) is 2.67. The Bertz CT molecular complexity index is 1010. The number of sulfonamides is 1. The van der Waals surface area contributed by atoms with E-state index >= 15 is 0 Å². The topological polar surface area (TPSA) is 71.4 Å². The van der Waals surface area contributed by atoms with Crippen LogP contribution >= 0.6 is 0 Å². The first-order valence-corrected chi connectivity index (χ1v) is 10.00. The maximum absolute atomic E-state index is 12.6. The van der Waals surface area contributed by atoms with Crippen LogP contribution in [-0.2, 0) is 16.2 Å². The molecule has 28 heavy (non-hydrogen) atoms. The van der Waals surface area contributed by atoms with Gasteiger partial charge in [0.2, 0.25) is 0 Å². The Kier molecular flexibility index (Phi) is 5.55. The van der Waals surface area contributed by atoms with Crippen LogP contribution in [0, 0.1) is 6.92 Å². The molecular weight excluding hydrogens is 391 g/mol. The zero-order valence-electron chi connectivity index (χ0n) is 15.0. The molecule has 0 unspecified atom stereocenters. The van der Waals surface area contributed by atoms with Crippen molar-refractivity contribution in [2.75, 3.05) is 0 Å². The number of pyridine rings is 1. The van der Waals surface area contributed by atoms with E-state index in [0.29, 0.717) is 30.5 Å². The molecule has 3 rings (SSSR count). The first-order valence-electron chi connectivity index (χ1n) is 8.52. The summed E-state index contributed by atoms with van der Waals surface area (Å²) in [6, 6.07) is 8.77. The lowest BCUT2D eigenvalue weighted by molar-refractivity contribution is -0.141. The molecule has 0 radical (unpaired) electrons. The van der Waals surface area contributed by atoms with Gasteiger partial charge in [-0.05, 0) is 49.1 Å². The number of aromatic nitrogens is 1. The lowest BCUT2D eigenvalue weighted by Crippen LogP contribution is -2.21. The average molecular weight is 409 g/mol. The molecule has 5 nitrogen and oxygen atoms in total. The summed E-state index contributed by atoms with van der Waals surface area (Å²) in [4.78, 5) is 5.83. The Labute approximate surface area is 161 Å². The molecule has 1 aromatic heterocycles. The van der Waals surface area contributed by atoms with Crippen molar-refractivity contribution in [2.24, 2.45) is 5.10 Å². The van der Waals surface area contributed by atoms with E-state index in [9.17, 15) is 21.6 Å². The minimum absolute atomic E-state index is 0.130. The number of hydrazone groups is 1. The fourth-order valence-corrected chi connectivity index (χ4v) is 3.58. The van der Waals surface area contributed by atoms with Gasteiger partial charge in [-0.3, -0.25) is 4.98 Å². The molecule has 2 aromatic rings. The highest BCUT2D eigenvalue weighted by molar-refractivity contribution is 7.89. The number of aryl methyl sites for hydroxylation is 1. The number of allylic oxidation sites excluding steroid dienone is 2. The van der Waals surface area contributed by atoms with E-state index in [2.05, 4.69) is 14.9 Å². The van der Waals surface area contributed by atoms with E-state index in [1.807, 2.05) is 13.0 Å². The van der Waals surface area contributed by atoms with Crippen molar-refractivity contribution < 1.29 is 21.6 Å². The van der Waals surface area contributed by atoms with Gasteiger partial charge in [-0.2, -0.15) is 26.7 Å². The Morgan fingerprint density at radius 2 is 1.79 bits per heavy atom. The summed E-state index contributed by atoms with van der Waals surface area (Å²) in [5, 5.41) is 4.00. The van der Waals surface area contributed by atoms with Gasteiger partial charge in [0.15, 0.2) is 0 Å². The third-order valence-corrected chi connectivity index (χ3v) is 5.57. The van der Waals surface area contributed by atoms with Gasteiger partial charge in [-0.1, -0.05) is 29.8 Å². The molecule has 0 atom stereocenters. The molecule has 0 saturated heterocycles. The van der Waals surface area contributed by atoms with Crippen LogP contribution in [0.15, 0.2) is 58.7 Å². The Hall–Kier alpha value is -2.68. The molecule has 1 aliphatic carbocycles. The zero-order chi connectivity index (χ0) is 20.4. The molecule has 0 aliphatic heterocycles. The van der Waals surface area contributed by atoms with Crippen LogP contribution in [0.25, 0.3) is 5.57 Å². The smallest absolute Gasteiger partial charge is 0.251 e. The predicted molar refractivity (Wildman–Crippen MR) is 100 cm³/mol. The van der Waals surface area contributed by atoms with E-state index in [1.165, 1.54) is 24.4 Å². The molecule has 0 saturated carbocycles. The second-order valence-electron chi connectivity index (χ2n) is 6.45. The molecular formula is C19H18F3N3O2S. The quantitative estimate of drug-likeness (QED) is 0.765. The Balaban J connectivity index is 1.67. The predicted octanol–water partition coefficient (Wildman–Crippen LogP) is 4.31. The maximum atomic E-state index is 12.6. The second kappa shape index (κ2) is 7.75. The van der Waals surface area contributed by atoms with Crippen molar-refractivity contribution in [3.05, 3.63) is 65.5 Å². The van der Waals surface area contributed by atoms with Crippen molar-refractivity contribution in [1.29, 1.82) is 0 Å². The lowest BCUT2D eigenvalue weighted by atomic mass is 9.93. The van der Waals surface area contributed by atoms with E-state index in [1.54, 1.807) is 12.1 Å². The fraction of sp³-hybridized carbons (Fsp3) is 0.263. The minimum atomic E-state index is -4.46. The number of benzene rings is 1. The number of rotatable bonds is 4. The van der Waals surface area contributed by atoms with Gasteiger partial charge in [0.25, 0.3) is 10.0 Å². The second-order valence-corrected chi connectivity index (χ2v) is 8.11. The van der Waals surface area contributed by atoms with Crippen LogP contribution < -0.4 is 4.83 Å². The Morgan fingerprint density at radius 1 is 1.07 bits per heavy atom. The highest BCUT2D eigenvalue weighted by Gasteiger charge is 2.32. The fourth-order valence-electron chi connectivity index (χ4n) is 2.73. The summed E-state index contributed by atoms with van der Waals surface area (Å²) >= 11 is 0. The number of hydrogen-bond donors (Lipinski definition) is 1. The SMILES string of the molecule is Cc1ccc(S(=O)(=O)N/N=C2\CC=C(c3ccc(C(F)(F)F)nc3)CC2)cc1. The molecule has 0 spiro atoms. The van der Waals surface area contributed by atoms with Gasteiger partial charge < -0.3 is 0 Å². The molecule has 1 N–H and O–H groups in total. The monoisotopic (exact) mass is 409 g/mol. The van der Waals surface area contributed by atoms with Crippen LogP contribution in [0.3, 0.4) is 0 Å². The van der Waals surface area contributed by atoms with E-state index < -0.39 is 21.9 Å². The van der Waals surface area contributed by atoms with Crippen molar-refractivity contribution >= 4 is 21.3 Å². The summed E-state index contributed by atoms with van der Waals surface area (Å²) in [6.45, 7) is 1.86. The lowest BCUT2D eigenvalue weighted by Gasteiger charge is -2.16. The normalized spacial score (nSPS) is 16.7. The number of halogens is 3. The highest BCUT2D eigenvalue weighted by atomic mass is 32.2. The number of alkyl halides is 3. The number of hydrogen-bond acceptors (Lipinski definition) is 4. The van der Waals surface area contributed by atoms with E-state index in [0.717, 1.165) is 17.2 Å². The first kappa shape index (κ1) is 20.1. The van der Waals surface area contributed by atoms with Gasteiger partial charge >= 0.3 is 6.18 Å². The van der Waals surface area contributed by atoms with Gasteiger partial charge in [0.1, 0.15) is 5.69 Å². The molecule has 1 aliphatic rings. The number of nitrogens with zero attached hydrogens (tertiary/aromatic N) is 2. The standard InChI is InChI=1S/C19H18F3N3O2S/c1-13-2-9-17(10-3-13)28(26,27)25-24-16-7-4-14(5-8-16)15-6-11-18(23-12-15)19(20,21)22/h2-4,6,9-12,25H,5,7-8H2,1H3/b24-16+. The number of nitrogens with one attached hydrogen (secondary N) is 1. The van der Waals surface area contributed by atoms with Crippen LogP contribution in [0.2, 0.25) is 0 Å². The van der Waals surface area contributed by atoms with Gasteiger partial charge in [-0.25, -0.2) is 4.83 Å². The van der Waals surface area contributed by atoms with Gasteiger partial charge in [0, 0.05) is 18.3 Å². The third kappa shape index (κ3) is 4.78. The van der Waals surface area contributed by atoms with Crippen molar-refractivity contribution in [2.45, 2.75) is 37.3 Å². The largest absolute Gasteiger partial charge is 0.433 e. The molecule has 148 valence electrons. The summed E-state index contributed by atoms with van der Waals surface area (Å²) in [5.41, 5.74) is 2.15. The van der Waals surface area contributed by atoms with E-state index in [4.69, 9.17) is 0 Å². The highest BCUT2D eigenvalue weighted by Crippen LogP contribution is 2.30. The van der Waals surface area contributed by atoms with E-state index in [-0.39, 0.29) is 4.90 Å². The van der Waals surface area contributed by atoms with Crippen molar-refractivity contribution in [3.8, 4) is 0 Å². The van der Waals surface area contributed by atoms with Gasteiger partial charge in [0.05, 0.1) is 4.90 Å². The first-order chi connectivity index (χ1) is 13.1. The summed E-state index contributed by atoms with van der Waals surface area (Å²) in [5.74, 6) is 0. The summed E-state index contributed by atoms with van der Waals surface area (Å²) in [7, 11) is -3.74. The zero-order valence-corrected chi connectivity index (χ0v) is 15.8. The molecule has 1 aromatic carbocycles. The molecule has 0 amide bonds. The van der Waals surface area contributed by atoms with Gasteiger partial charge in [-0.15, -0.1) is 0 Å². The van der Waals surface area contributed by atoms with Crippen LogP contribution in [-0.4, -0.2) is 19.1 Å². The Morgan fingerprint density at radius 3 is 2.32 bits per heavy atom. The maximum Gasteiger partial charge on any atom is 0.433 e.